The maximum atomic E-state index is 11.8. The summed E-state index contributed by atoms with van der Waals surface area (Å²) >= 11 is 0. The summed E-state index contributed by atoms with van der Waals surface area (Å²) in [6.07, 6.45) is 4.56. The van der Waals surface area contributed by atoms with E-state index >= 15 is 0 Å². The van der Waals surface area contributed by atoms with E-state index in [-0.39, 0.29) is 12.5 Å². The van der Waals surface area contributed by atoms with Crippen molar-refractivity contribution in [3.63, 3.8) is 0 Å². The normalized spacial score (nSPS) is 17.1. The maximum Gasteiger partial charge on any atom is 0.329 e. The van der Waals surface area contributed by atoms with Crippen LogP contribution in [-0.2, 0) is 14.3 Å². The van der Waals surface area contributed by atoms with Gasteiger partial charge in [0.05, 0.1) is 13.1 Å². The fraction of sp³-hybridized carbons (Fsp3) is 0.846. The average molecular weight is 272 g/mol. The topological polar surface area (TPSA) is 92.9 Å². The van der Waals surface area contributed by atoms with Gasteiger partial charge in [0.15, 0.2) is 0 Å². The zero-order valence-corrected chi connectivity index (χ0v) is 11.6. The number of aliphatic carboxylic acids is 1. The van der Waals surface area contributed by atoms with Crippen molar-refractivity contribution >= 4 is 11.9 Å². The first-order valence-corrected chi connectivity index (χ1v) is 6.80. The number of amides is 1. The van der Waals surface area contributed by atoms with Crippen molar-refractivity contribution in [2.45, 2.75) is 44.6 Å². The van der Waals surface area contributed by atoms with E-state index in [0.717, 1.165) is 25.7 Å². The predicted molar refractivity (Wildman–Crippen MR) is 70.7 cm³/mol. The summed E-state index contributed by atoms with van der Waals surface area (Å²) < 4.78 is 5.26. The van der Waals surface area contributed by atoms with E-state index in [9.17, 15) is 9.59 Å². The number of carbonyl (C=O) groups is 2. The lowest BCUT2D eigenvalue weighted by molar-refractivity contribution is -0.173. The van der Waals surface area contributed by atoms with Crippen LogP contribution in [0.1, 0.15) is 39.0 Å². The van der Waals surface area contributed by atoms with E-state index in [1.807, 2.05) is 6.92 Å². The smallest absolute Gasteiger partial charge is 0.329 e. The Balaban J connectivity index is 2.11. The van der Waals surface area contributed by atoms with Crippen molar-refractivity contribution in [3.8, 4) is 0 Å². The van der Waals surface area contributed by atoms with Crippen LogP contribution in [0.15, 0.2) is 0 Å². The van der Waals surface area contributed by atoms with Gasteiger partial charge in [0.2, 0.25) is 5.91 Å². The molecule has 0 atom stereocenters. The Hall–Kier alpha value is -1.14. The third-order valence-corrected chi connectivity index (χ3v) is 3.29. The summed E-state index contributed by atoms with van der Waals surface area (Å²) in [6, 6.07) is 0. The maximum absolute atomic E-state index is 11.8. The molecule has 1 fully saturated rings. The van der Waals surface area contributed by atoms with E-state index in [1.165, 1.54) is 0 Å². The van der Waals surface area contributed by atoms with E-state index in [0.29, 0.717) is 26.1 Å². The van der Waals surface area contributed by atoms with Gasteiger partial charge >= 0.3 is 5.97 Å². The average Bonchev–Trinajstić information content (AvgIpc) is 2.32. The second-order valence-corrected chi connectivity index (χ2v) is 5.34. The molecule has 110 valence electrons. The van der Waals surface area contributed by atoms with Gasteiger partial charge in [-0.15, -0.1) is 0 Å². The van der Waals surface area contributed by atoms with E-state index < -0.39 is 11.6 Å². The van der Waals surface area contributed by atoms with Crippen molar-refractivity contribution in [1.29, 1.82) is 0 Å². The van der Waals surface area contributed by atoms with Crippen LogP contribution in [-0.4, -0.2) is 53.7 Å². The molecule has 6 heteroatoms. The highest BCUT2D eigenvalue weighted by Gasteiger charge is 2.42. The quantitative estimate of drug-likeness (QED) is 0.599. The summed E-state index contributed by atoms with van der Waals surface area (Å²) in [5, 5.41) is 8.54. The van der Waals surface area contributed by atoms with Crippen LogP contribution in [0.2, 0.25) is 0 Å². The number of unbranched alkanes of at least 4 members (excludes halogenated alkanes) is 3. The lowest BCUT2D eigenvalue weighted by Crippen LogP contribution is -2.63. The first-order chi connectivity index (χ1) is 8.97. The molecule has 0 aromatic heterocycles. The van der Waals surface area contributed by atoms with Gasteiger partial charge in [-0.05, 0) is 26.3 Å². The number of nitrogens with zero attached hydrogens (tertiary/aromatic N) is 1. The largest absolute Gasteiger partial charge is 0.480 e. The van der Waals surface area contributed by atoms with Gasteiger partial charge in [-0.1, -0.05) is 12.8 Å². The summed E-state index contributed by atoms with van der Waals surface area (Å²) in [6.45, 7) is 3.21. The number of likely N-dealkylation sites (tertiary alicyclic amines) is 1. The minimum atomic E-state index is -0.981. The highest BCUT2D eigenvalue weighted by atomic mass is 16.5. The molecule has 19 heavy (non-hydrogen) atoms. The molecule has 1 rings (SSSR count). The highest BCUT2D eigenvalue weighted by Crippen LogP contribution is 2.25. The molecule has 1 heterocycles. The number of nitrogens with two attached hydrogens (primary N) is 1. The van der Waals surface area contributed by atoms with Gasteiger partial charge in [-0.2, -0.15) is 0 Å². The number of carboxylic acids is 1. The van der Waals surface area contributed by atoms with Crippen LogP contribution in [0, 0.1) is 0 Å². The zero-order valence-electron chi connectivity index (χ0n) is 11.6. The third-order valence-electron chi connectivity index (χ3n) is 3.29. The molecule has 0 unspecified atom stereocenters. The molecule has 1 amide bonds. The van der Waals surface area contributed by atoms with Gasteiger partial charge in [0, 0.05) is 6.42 Å². The third kappa shape index (κ3) is 5.57. The molecule has 3 N–H and O–H groups in total. The lowest BCUT2D eigenvalue weighted by Gasteiger charge is -2.47. The lowest BCUT2D eigenvalue weighted by atomic mass is 9.95. The zero-order chi connectivity index (χ0) is 14.3. The standard InChI is InChI=1S/C13H24N2O4/c1-13(19-8-12(17)18)9-15(10-13)11(16)6-4-2-3-5-7-14/h2-10,14H2,1H3,(H,17,18). The van der Waals surface area contributed by atoms with Crippen LogP contribution in [0.5, 0.6) is 0 Å². The van der Waals surface area contributed by atoms with E-state index in [4.69, 9.17) is 15.6 Å². The number of hydrogen-bond donors (Lipinski definition) is 2. The van der Waals surface area contributed by atoms with Crippen LogP contribution >= 0.6 is 0 Å². The first-order valence-electron chi connectivity index (χ1n) is 6.80. The minimum absolute atomic E-state index is 0.129. The SMILES string of the molecule is CC1(OCC(=O)O)CN(C(=O)CCCCCCN)C1. The molecular weight excluding hydrogens is 248 g/mol. The summed E-state index contributed by atoms with van der Waals surface area (Å²) in [4.78, 5) is 24.0. The second kappa shape index (κ2) is 7.45. The Morgan fingerprint density at radius 2 is 1.89 bits per heavy atom. The van der Waals surface area contributed by atoms with E-state index in [2.05, 4.69) is 0 Å². The highest BCUT2D eigenvalue weighted by molar-refractivity contribution is 5.77. The van der Waals surface area contributed by atoms with Crippen molar-refractivity contribution < 1.29 is 19.4 Å². The Morgan fingerprint density at radius 1 is 1.26 bits per heavy atom. The molecule has 6 nitrogen and oxygen atoms in total. The Kier molecular flexibility index (Phi) is 6.24. The molecule has 0 radical (unpaired) electrons. The Labute approximate surface area is 113 Å². The molecule has 0 bridgehead atoms. The van der Waals surface area contributed by atoms with Gasteiger partial charge < -0.3 is 20.5 Å². The number of carbonyl (C=O) groups excluding carboxylic acids is 1. The van der Waals surface area contributed by atoms with Gasteiger partial charge in [0.1, 0.15) is 12.2 Å². The summed E-state index contributed by atoms with van der Waals surface area (Å²) in [5.41, 5.74) is 4.91. The molecular formula is C13H24N2O4. The molecule has 0 saturated carbocycles. The van der Waals surface area contributed by atoms with Crippen molar-refractivity contribution in [1.82, 2.24) is 4.90 Å². The van der Waals surface area contributed by atoms with Crippen LogP contribution in [0.25, 0.3) is 0 Å². The van der Waals surface area contributed by atoms with E-state index in [1.54, 1.807) is 4.90 Å². The Morgan fingerprint density at radius 3 is 2.47 bits per heavy atom. The van der Waals surface area contributed by atoms with Crippen LogP contribution < -0.4 is 5.73 Å². The van der Waals surface area contributed by atoms with Gasteiger partial charge in [0.25, 0.3) is 0 Å². The van der Waals surface area contributed by atoms with Crippen molar-refractivity contribution in [2.24, 2.45) is 5.73 Å². The van der Waals surface area contributed by atoms with Crippen LogP contribution in [0.3, 0.4) is 0 Å². The molecule has 0 aromatic carbocycles. The number of ether oxygens (including phenoxy) is 1. The van der Waals surface area contributed by atoms with Crippen LogP contribution in [0.4, 0.5) is 0 Å². The summed E-state index contributed by atoms with van der Waals surface area (Å²) in [7, 11) is 0. The van der Waals surface area contributed by atoms with Crippen molar-refractivity contribution in [3.05, 3.63) is 0 Å². The second-order valence-electron chi connectivity index (χ2n) is 5.34. The molecule has 1 saturated heterocycles. The fourth-order valence-electron chi connectivity index (χ4n) is 2.20. The van der Waals surface area contributed by atoms with Gasteiger partial charge in [-0.3, -0.25) is 4.79 Å². The first kappa shape index (κ1) is 15.9. The number of rotatable bonds is 9. The minimum Gasteiger partial charge on any atom is -0.480 e. The monoisotopic (exact) mass is 272 g/mol. The number of hydrogen-bond acceptors (Lipinski definition) is 4. The molecule has 0 spiro atoms. The molecule has 1 aliphatic rings. The predicted octanol–water partition coefficient (Wildman–Crippen LogP) is 0.598. The molecule has 0 aliphatic carbocycles. The number of carboxylic acid groups (broad SMARTS) is 1. The molecule has 0 aromatic rings. The summed E-state index contributed by atoms with van der Waals surface area (Å²) in [5.74, 6) is -0.852. The fourth-order valence-corrected chi connectivity index (χ4v) is 2.20. The van der Waals surface area contributed by atoms with Gasteiger partial charge in [-0.25, -0.2) is 4.79 Å². The van der Waals surface area contributed by atoms with Crippen molar-refractivity contribution in [2.75, 3.05) is 26.2 Å². The Bertz CT molecular complexity index is 314. The molecule has 1 aliphatic heterocycles.